The Morgan fingerprint density at radius 1 is 1.54 bits per heavy atom. The molecule has 0 bridgehead atoms. The smallest absolute Gasteiger partial charge is 0.0304 e. The van der Waals surface area contributed by atoms with Gasteiger partial charge in [0.05, 0.1) is 0 Å². The average Bonchev–Trinajstić information content (AvgIpc) is 2.52. The first-order chi connectivity index (χ1) is 6.14. The Morgan fingerprint density at radius 3 is 2.85 bits per heavy atom. The van der Waals surface area contributed by atoms with Crippen LogP contribution in [0.4, 0.5) is 0 Å². The van der Waals surface area contributed by atoms with E-state index in [0.29, 0.717) is 0 Å². The van der Waals surface area contributed by atoms with Crippen LogP contribution in [0, 0.1) is 0 Å². The first-order valence-electron chi connectivity index (χ1n) is 4.61. The molecule has 13 heavy (non-hydrogen) atoms. The summed E-state index contributed by atoms with van der Waals surface area (Å²) in [5.74, 6) is 0. The van der Waals surface area contributed by atoms with Crippen molar-refractivity contribution in [2.75, 3.05) is 6.54 Å². The SMILES string of the molecule is CC(C)(CCN)NCc1cccs1. The summed E-state index contributed by atoms with van der Waals surface area (Å²) in [6.07, 6.45) is 1.01. The van der Waals surface area contributed by atoms with Crippen molar-refractivity contribution in [3.8, 4) is 0 Å². The van der Waals surface area contributed by atoms with Gasteiger partial charge in [0.2, 0.25) is 0 Å². The van der Waals surface area contributed by atoms with Crippen molar-refractivity contribution < 1.29 is 0 Å². The Kier molecular flexibility index (Phi) is 3.90. The summed E-state index contributed by atoms with van der Waals surface area (Å²) in [7, 11) is 0. The molecule has 1 heterocycles. The molecule has 3 heteroatoms. The highest BCUT2D eigenvalue weighted by Crippen LogP contribution is 2.12. The summed E-state index contributed by atoms with van der Waals surface area (Å²) in [4.78, 5) is 1.38. The van der Waals surface area contributed by atoms with E-state index in [1.165, 1.54) is 4.88 Å². The number of nitrogens with one attached hydrogen (secondary N) is 1. The van der Waals surface area contributed by atoms with Crippen molar-refractivity contribution in [3.63, 3.8) is 0 Å². The Hall–Kier alpha value is -0.380. The van der Waals surface area contributed by atoms with E-state index in [1.54, 1.807) is 11.3 Å². The topological polar surface area (TPSA) is 38.0 Å². The molecule has 0 atom stereocenters. The summed E-state index contributed by atoms with van der Waals surface area (Å²) in [5, 5.41) is 5.60. The molecule has 0 fully saturated rings. The Labute approximate surface area is 84.2 Å². The maximum Gasteiger partial charge on any atom is 0.0304 e. The molecule has 1 rings (SSSR count). The van der Waals surface area contributed by atoms with Gasteiger partial charge in [-0.25, -0.2) is 0 Å². The van der Waals surface area contributed by atoms with Crippen molar-refractivity contribution in [1.29, 1.82) is 0 Å². The minimum absolute atomic E-state index is 0.152. The van der Waals surface area contributed by atoms with Crippen LogP contribution in [0.1, 0.15) is 25.1 Å². The van der Waals surface area contributed by atoms with E-state index in [2.05, 4.69) is 36.7 Å². The quantitative estimate of drug-likeness (QED) is 0.759. The molecule has 1 aromatic heterocycles. The third-order valence-electron chi connectivity index (χ3n) is 2.09. The highest BCUT2D eigenvalue weighted by Gasteiger charge is 2.15. The average molecular weight is 198 g/mol. The summed E-state index contributed by atoms with van der Waals surface area (Å²) in [5.41, 5.74) is 5.68. The zero-order valence-corrected chi connectivity index (χ0v) is 9.16. The Balaban J connectivity index is 2.33. The number of rotatable bonds is 5. The van der Waals surface area contributed by atoms with Gasteiger partial charge < -0.3 is 11.1 Å². The van der Waals surface area contributed by atoms with Gasteiger partial charge in [0, 0.05) is 17.0 Å². The van der Waals surface area contributed by atoms with Gasteiger partial charge in [-0.2, -0.15) is 0 Å². The zero-order valence-electron chi connectivity index (χ0n) is 8.34. The normalized spacial score (nSPS) is 11.9. The molecule has 0 aliphatic heterocycles. The Bertz CT molecular complexity index is 229. The fraction of sp³-hybridized carbons (Fsp3) is 0.600. The van der Waals surface area contributed by atoms with E-state index >= 15 is 0 Å². The van der Waals surface area contributed by atoms with Gasteiger partial charge in [0.1, 0.15) is 0 Å². The molecule has 0 aromatic carbocycles. The number of thiophene rings is 1. The van der Waals surface area contributed by atoms with Crippen molar-refractivity contribution >= 4 is 11.3 Å². The molecule has 0 radical (unpaired) electrons. The molecule has 0 aliphatic rings. The molecule has 0 saturated carbocycles. The molecule has 1 aromatic rings. The van der Waals surface area contributed by atoms with Crippen LogP contribution in [0.2, 0.25) is 0 Å². The highest BCUT2D eigenvalue weighted by atomic mass is 32.1. The van der Waals surface area contributed by atoms with Crippen molar-refractivity contribution in [2.24, 2.45) is 5.73 Å². The minimum Gasteiger partial charge on any atom is -0.330 e. The standard InChI is InChI=1S/C10H18N2S/c1-10(2,5-6-11)12-8-9-4-3-7-13-9/h3-4,7,12H,5-6,8,11H2,1-2H3. The second-order valence-electron chi connectivity index (χ2n) is 3.86. The predicted octanol–water partition coefficient (Wildman–Crippen LogP) is 1.97. The summed E-state index contributed by atoms with van der Waals surface area (Å²) >= 11 is 1.79. The first kappa shape index (κ1) is 10.7. The van der Waals surface area contributed by atoms with Crippen LogP contribution in [0.25, 0.3) is 0 Å². The zero-order chi connectivity index (χ0) is 9.73. The van der Waals surface area contributed by atoms with Crippen LogP contribution >= 0.6 is 11.3 Å². The monoisotopic (exact) mass is 198 g/mol. The largest absolute Gasteiger partial charge is 0.330 e. The second-order valence-corrected chi connectivity index (χ2v) is 4.89. The maximum atomic E-state index is 5.53. The van der Waals surface area contributed by atoms with Gasteiger partial charge in [-0.1, -0.05) is 6.07 Å². The maximum absolute atomic E-state index is 5.53. The Morgan fingerprint density at radius 2 is 2.31 bits per heavy atom. The lowest BCUT2D eigenvalue weighted by atomic mass is 10.0. The van der Waals surface area contributed by atoms with Gasteiger partial charge in [-0.05, 0) is 38.3 Å². The molecule has 74 valence electrons. The summed E-state index contributed by atoms with van der Waals surface area (Å²) < 4.78 is 0. The second kappa shape index (κ2) is 4.74. The van der Waals surface area contributed by atoms with Crippen LogP contribution < -0.4 is 11.1 Å². The van der Waals surface area contributed by atoms with Crippen LogP contribution in [0.15, 0.2) is 17.5 Å². The van der Waals surface area contributed by atoms with E-state index < -0.39 is 0 Å². The van der Waals surface area contributed by atoms with Crippen molar-refractivity contribution in [3.05, 3.63) is 22.4 Å². The molecule has 0 aliphatic carbocycles. The number of nitrogens with two attached hydrogens (primary N) is 1. The van der Waals surface area contributed by atoms with Crippen LogP contribution in [0.3, 0.4) is 0 Å². The van der Waals surface area contributed by atoms with E-state index in [0.717, 1.165) is 19.5 Å². The third kappa shape index (κ3) is 3.89. The van der Waals surface area contributed by atoms with Crippen molar-refractivity contribution in [1.82, 2.24) is 5.32 Å². The van der Waals surface area contributed by atoms with E-state index in [9.17, 15) is 0 Å². The lowest BCUT2D eigenvalue weighted by Crippen LogP contribution is -2.40. The molecular formula is C10H18N2S. The molecule has 2 nitrogen and oxygen atoms in total. The van der Waals surface area contributed by atoms with Crippen molar-refractivity contribution in [2.45, 2.75) is 32.4 Å². The number of hydrogen-bond donors (Lipinski definition) is 2. The molecular weight excluding hydrogens is 180 g/mol. The van der Waals surface area contributed by atoms with Crippen LogP contribution in [-0.4, -0.2) is 12.1 Å². The summed E-state index contributed by atoms with van der Waals surface area (Å²) in [6.45, 7) is 6.07. The van der Waals surface area contributed by atoms with Gasteiger partial charge in [0.15, 0.2) is 0 Å². The molecule has 0 spiro atoms. The van der Waals surface area contributed by atoms with Gasteiger partial charge in [-0.15, -0.1) is 11.3 Å². The minimum atomic E-state index is 0.152. The van der Waals surface area contributed by atoms with Crippen LogP contribution in [0.5, 0.6) is 0 Å². The van der Waals surface area contributed by atoms with E-state index in [4.69, 9.17) is 5.73 Å². The highest BCUT2D eigenvalue weighted by molar-refractivity contribution is 7.09. The summed E-state index contributed by atoms with van der Waals surface area (Å²) in [6, 6.07) is 4.23. The molecule has 0 unspecified atom stereocenters. The molecule has 0 amide bonds. The lowest BCUT2D eigenvalue weighted by Gasteiger charge is -2.25. The van der Waals surface area contributed by atoms with E-state index in [-0.39, 0.29) is 5.54 Å². The van der Waals surface area contributed by atoms with E-state index in [1.807, 2.05) is 0 Å². The lowest BCUT2D eigenvalue weighted by molar-refractivity contribution is 0.367. The molecule has 3 N–H and O–H groups in total. The predicted molar refractivity (Wildman–Crippen MR) is 58.9 cm³/mol. The van der Waals surface area contributed by atoms with Gasteiger partial charge >= 0.3 is 0 Å². The molecule has 0 saturated heterocycles. The van der Waals surface area contributed by atoms with Gasteiger partial charge in [-0.3, -0.25) is 0 Å². The fourth-order valence-corrected chi connectivity index (χ4v) is 1.83. The number of hydrogen-bond acceptors (Lipinski definition) is 3. The van der Waals surface area contributed by atoms with Gasteiger partial charge in [0.25, 0.3) is 0 Å². The first-order valence-corrected chi connectivity index (χ1v) is 5.49. The third-order valence-corrected chi connectivity index (χ3v) is 2.97. The van der Waals surface area contributed by atoms with Crippen LogP contribution in [-0.2, 0) is 6.54 Å². The fourth-order valence-electron chi connectivity index (χ4n) is 1.19.